The second kappa shape index (κ2) is 12.1. The minimum atomic E-state index is -3.21. The average Bonchev–Trinajstić information content (AvgIpc) is 2.66. The van der Waals surface area contributed by atoms with Gasteiger partial charge in [-0.05, 0) is 61.6 Å². The molecule has 0 unspecified atom stereocenters. The van der Waals surface area contributed by atoms with E-state index in [1.54, 1.807) is 13.2 Å². The summed E-state index contributed by atoms with van der Waals surface area (Å²) in [6.45, 7) is 7.83. The van der Waals surface area contributed by atoms with Gasteiger partial charge in [-0.1, -0.05) is 24.3 Å². The summed E-state index contributed by atoms with van der Waals surface area (Å²) in [7, 11) is -1.52. The Labute approximate surface area is 197 Å². The molecule has 0 atom stereocenters. The van der Waals surface area contributed by atoms with Crippen LogP contribution in [0, 0.1) is 13.8 Å². The van der Waals surface area contributed by atoms with Crippen LogP contribution in [0.1, 0.15) is 29.2 Å². The Morgan fingerprint density at radius 3 is 2.33 bits per heavy atom. The fraction of sp³-hybridized carbons (Fsp3) is 0.409. The van der Waals surface area contributed by atoms with Crippen LogP contribution in [0.15, 0.2) is 46.3 Å². The van der Waals surface area contributed by atoms with Gasteiger partial charge in [0.2, 0.25) is 0 Å². The number of hydrogen-bond donors (Lipinski definition) is 2. The maximum absolute atomic E-state index is 11.8. The molecule has 0 aliphatic carbocycles. The largest absolute Gasteiger partial charge is 0.496 e. The summed E-state index contributed by atoms with van der Waals surface area (Å²) in [4.78, 5) is 4.98. The van der Waals surface area contributed by atoms with Crippen molar-refractivity contribution in [3.05, 3.63) is 58.7 Å². The summed E-state index contributed by atoms with van der Waals surface area (Å²) in [5, 5.41) is 6.58. The van der Waals surface area contributed by atoms with Crippen LogP contribution >= 0.6 is 24.0 Å². The quantitative estimate of drug-likeness (QED) is 0.301. The van der Waals surface area contributed by atoms with Crippen molar-refractivity contribution < 1.29 is 13.2 Å². The number of aryl methyl sites for hydroxylation is 2. The highest BCUT2D eigenvalue weighted by atomic mass is 127. The molecule has 0 saturated carbocycles. The second-order valence-corrected chi connectivity index (χ2v) is 9.03. The predicted molar refractivity (Wildman–Crippen MR) is 134 cm³/mol. The van der Waals surface area contributed by atoms with Crippen LogP contribution < -0.4 is 15.4 Å². The first-order valence-electron chi connectivity index (χ1n) is 9.70. The van der Waals surface area contributed by atoms with Crippen molar-refractivity contribution in [3.63, 3.8) is 0 Å². The molecule has 0 spiro atoms. The molecule has 0 bridgehead atoms. The molecule has 0 aliphatic rings. The molecule has 0 radical (unpaired) electrons. The number of sulfone groups is 1. The maximum Gasteiger partial charge on any atom is 0.191 e. The first-order valence-corrected chi connectivity index (χ1v) is 11.6. The molecular formula is C22H32IN3O3S. The smallest absolute Gasteiger partial charge is 0.191 e. The molecule has 2 rings (SSSR count). The number of guanidine groups is 1. The monoisotopic (exact) mass is 545 g/mol. The molecule has 6 nitrogen and oxygen atoms in total. The summed E-state index contributed by atoms with van der Waals surface area (Å²) in [6.07, 6.45) is 2.08. The highest BCUT2D eigenvalue weighted by Crippen LogP contribution is 2.19. The van der Waals surface area contributed by atoms with Crippen molar-refractivity contribution in [1.82, 2.24) is 10.6 Å². The fourth-order valence-electron chi connectivity index (χ4n) is 3.08. The van der Waals surface area contributed by atoms with Crippen molar-refractivity contribution in [2.75, 3.05) is 26.5 Å². The van der Waals surface area contributed by atoms with Crippen LogP contribution in [-0.2, 0) is 22.8 Å². The maximum atomic E-state index is 11.8. The van der Waals surface area contributed by atoms with Crippen LogP contribution in [0.25, 0.3) is 0 Å². The van der Waals surface area contributed by atoms with E-state index >= 15 is 0 Å². The number of nitrogens with zero attached hydrogens (tertiary/aromatic N) is 1. The van der Waals surface area contributed by atoms with E-state index in [0.29, 0.717) is 11.4 Å². The standard InChI is InChI=1S/C22H31N3O3S.HI/c1-6-23-22(24-12-11-18-8-7-16(2)20(14-18)28-4)25-15-19-9-10-21(17(3)13-19)29(5,26)27;/h7-10,13-14H,6,11-12,15H2,1-5H3,(H2,23,24,25);1H. The molecular weight excluding hydrogens is 513 g/mol. The Hall–Kier alpha value is -1.81. The van der Waals surface area contributed by atoms with Crippen molar-refractivity contribution in [1.29, 1.82) is 0 Å². The van der Waals surface area contributed by atoms with Gasteiger partial charge in [0.1, 0.15) is 5.75 Å². The third-order valence-electron chi connectivity index (χ3n) is 4.58. The van der Waals surface area contributed by atoms with E-state index in [-0.39, 0.29) is 24.0 Å². The fourth-order valence-corrected chi connectivity index (χ4v) is 4.04. The molecule has 0 heterocycles. The van der Waals surface area contributed by atoms with E-state index < -0.39 is 9.84 Å². The molecule has 8 heteroatoms. The Balaban J connectivity index is 0.00000450. The van der Waals surface area contributed by atoms with E-state index in [9.17, 15) is 8.42 Å². The third kappa shape index (κ3) is 7.79. The van der Waals surface area contributed by atoms with Gasteiger partial charge >= 0.3 is 0 Å². The van der Waals surface area contributed by atoms with Crippen LogP contribution in [-0.4, -0.2) is 40.8 Å². The van der Waals surface area contributed by atoms with Gasteiger partial charge in [-0.25, -0.2) is 13.4 Å². The lowest BCUT2D eigenvalue weighted by molar-refractivity contribution is 0.411. The van der Waals surface area contributed by atoms with Crippen molar-refractivity contribution in [3.8, 4) is 5.75 Å². The number of methoxy groups -OCH3 is 1. The van der Waals surface area contributed by atoms with Gasteiger partial charge in [0, 0.05) is 19.3 Å². The first kappa shape index (κ1) is 26.2. The molecule has 0 aliphatic heterocycles. The summed E-state index contributed by atoms with van der Waals surface area (Å²) < 4.78 is 28.9. The number of aliphatic imine (C=N–C) groups is 1. The summed E-state index contributed by atoms with van der Waals surface area (Å²) in [6, 6.07) is 11.6. The van der Waals surface area contributed by atoms with Crippen molar-refractivity contribution in [2.24, 2.45) is 4.99 Å². The van der Waals surface area contributed by atoms with Gasteiger partial charge in [-0.3, -0.25) is 0 Å². The molecule has 0 fully saturated rings. The Bertz CT molecular complexity index is 976. The van der Waals surface area contributed by atoms with Gasteiger partial charge in [0.15, 0.2) is 15.8 Å². The van der Waals surface area contributed by atoms with Gasteiger partial charge in [-0.2, -0.15) is 0 Å². The number of halogens is 1. The lowest BCUT2D eigenvalue weighted by Crippen LogP contribution is -2.38. The Morgan fingerprint density at radius 2 is 1.73 bits per heavy atom. The first-order chi connectivity index (χ1) is 13.7. The molecule has 2 N–H and O–H groups in total. The highest BCUT2D eigenvalue weighted by molar-refractivity contribution is 14.0. The third-order valence-corrected chi connectivity index (χ3v) is 5.84. The van der Waals surface area contributed by atoms with E-state index in [0.717, 1.165) is 47.9 Å². The van der Waals surface area contributed by atoms with E-state index in [2.05, 4.69) is 33.8 Å². The summed E-state index contributed by atoms with van der Waals surface area (Å²) in [5.74, 6) is 1.63. The van der Waals surface area contributed by atoms with Crippen LogP contribution in [0.5, 0.6) is 5.75 Å². The molecule has 2 aromatic rings. The zero-order valence-corrected chi connectivity index (χ0v) is 21.4. The van der Waals surface area contributed by atoms with Gasteiger partial charge in [0.25, 0.3) is 0 Å². The van der Waals surface area contributed by atoms with Crippen molar-refractivity contribution in [2.45, 2.75) is 38.6 Å². The summed E-state index contributed by atoms with van der Waals surface area (Å²) in [5.41, 5.74) is 4.03. The van der Waals surface area contributed by atoms with E-state index in [4.69, 9.17) is 4.74 Å². The molecule has 166 valence electrons. The number of ether oxygens (including phenoxy) is 1. The van der Waals surface area contributed by atoms with Gasteiger partial charge in [0.05, 0.1) is 18.6 Å². The normalized spacial score (nSPS) is 11.6. The second-order valence-electron chi connectivity index (χ2n) is 7.05. The SMILES string of the molecule is CCNC(=NCc1ccc(S(C)(=O)=O)c(C)c1)NCCc1ccc(C)c(OC)c1.I. The lowest BCUT2D eigenvalue weighted by atomic mass is 10.1. The topological polar surface area (TPSA) is 79.8 Å². The predicted octanol–water partition coefficient (Wildman–Crippen LogP) is 3.63. The van der Waals surface area contributed by atoms with Gasteiger partial charge in [-0.15, -0.1) is 24.0 Å². The average molecular weight is 545 g/mol. The minimum Gasteiger partial charge on any atom is -0.496 e. The number of nitrogens with one attached hydrogen (secondary N) is 2. The van der Waals surface area contributed by atoms with E-state index in [1.165, 1.54) is 11.8 Å². The van der Waals surface area contributed by atoms with Crippen LogP contribution in [0.4, 0.5) is 0 Å². The number of benzene rings is 2. The van der Waals surface area contributed by atoms with Crippen LogP contribution in [0.3, 0.4) is 0 Å². The zero-order chi connectivity index (χ0) is 21.4. The van der Waals surface area contributed by atoms with E-state index in [1.807, 2.05) is 32.9 Å². The Morgan fingerprint density at radius 1 is 1.03 bits per heavy atom. The molecule has 0 aromatic heterocycles. The molecule has 0 saturated heterocycles. The summed E-state index contributed by atoms with van der Waals surface area (Å²) >= 11 is 0. The van der Waals surface area contributed by atoms with Crippen LogP contribution in [0.2, 0.25) is 0 Å². The number of hydrogen-bond acceptors (Lipinski definition) is 4. The van der Waals surface area contributed by atoms with Crippen molar-refractivity contribution >= 4 is 39.8 Å². The highest BCUT2D eigenvalue weighted by Gasteiger charge is 2.10. The lowest BCUT2D eigenvalue weighted by Gasteiger charge is -2.13. The molecule has 2 aromatic carbocycles. The minimum absolute atomic E-state index is 0. The molecule has 0 amide bonds. The molecule has 30 heavy (non-hydrogen) atoms. The number of rotatable bonds is 8. The Kier molecular flexibility index (Phi) is 10.6. The van der Waals surface area contributed by atoms with Gasteiger partial charge < -0.3 is 15.4 Å². The zero-order valence-electron chi connectivity index (χ0n) is 18.3.